The predicted octanol–water partition coefficient (Wildman–Crippen LogP) is 4.00. The Labute approximate surface area is 236 Å². The molecule has 6 aromatic rings. The molecule has 4 heterocycles. The van der Waals surface area contributed by atoms with Crippen molar-refractivity contribution >= 4 is 33.4 Å². The molecule has 0 aliphatic heterocycles. The summed E-state index contributed by atoms with van der Waals surface area (Å²) >= 11 is 0. The first-order chi connectivity index (χ1) is 19.9. The lowest BCUT2D eigenvalue weighted by Gasteiger charge is -2.14. The monoisotopic (exact) mass is 541 g/mol. The van der Waals surface area contributed by atoms with Crippen LogP contribution in [0.2, 0.25) is 0 Å². The van der Waals surface area contributed by atoms with E-state index in [0.29, 0.717) is 10.9 Å². The quantitative estimate of drug-likeness (QED) is 0.325. The molecule has 4 N–H and O–H groups in total. The van der Waals surface area contributed by atoms with Crippen molar-refractivity contribution in [2.45, 2.75) is 13.3 Å². The molecule has 0 saturated carbocycles. The van der Waals surface area contributed by atoms with Gasteiger partial charge in [0.05, 0.1) is 22.7 Å². The number of para-hydroxylation sites is 1. The summed E-state index contributed by atoms with van der Waals surface area (Å²) < 4.78 is 3.50. The first kappa shape index (κ1) is 26.8. The highest BCUT2D eigenvalue weighted by molar-refractivity contribution is 6.08. The highest BCUT2D eigenvalue weighted by Crippen LogP contribution is 2.20. The van der Waals surface area contributed by atoms with Crippen LogP contribution in [0.3, 0.4) is 0 Å². The van der Waals surface area contributed by atoms with Gasteiger partial charge in [0, 0.05) is 48.0 Å². The minimum absolute atomic E-state index is 0.0355. The van der Waals surface area contributed by atoms with E-state index >= 15 is 0 Å². The number of hydrogen-bond donors (Lipinski definition) is 2. The molecule has 0 saturated heterocycles. The van der Waals surface area contributed by atoms with Crippen molar-refractivity contribution in [3.05, 3.63) is 124 Å². The Morgan fingerprint density at radius 3 is 2.44 bits per heavy atom. The number of aryl methyl sites for hydroxylation is 2. The standard InChI is InChI=1S/C23H19N3O.C9H8N4O/c1-3-20-14-19-9-7-8-18(13-12-17-15-24-25(2)16-17)22(19)23(27)26(20)21-10-5-4-6-11-21;10-8-6(9(11)14)7-5(4-13-8)2-1-3-12-7/h4-11,14-16H,3H2,1-2H3;1-4H,(H2,10,13)(H2,11,14). The fourth-order valence-corrected chi connectivity index (χ4v) is 4.56. The first-order valence-electron chi connectivity index (χ1n) is 12.9. The highest BCUT2D eigenvalue weighted by Gasteiger charge is 2.13. The SMILES string of the molecule is CCc1cc2cccc(C#Cc3cnn(C)c3)c2c(=O)n1-c1ccccc1.NC(=O)c1c(N)ncc2cccnc12. The van der Waals surface area contributed by atoms with Crippen LogP contribution < -0.4 is 17.0 Å². The molecule has 9 heteroatoms. The number of amides is 1. The topological polar surface area (TPSA) is 135 Å². The van der Waals surface area contributed by atoms with Gasteiger partial charge >= 0.3 is 0 Å². The van der Waals surface area contributed by atoms with E-state index in [-0.39, 0.29) is 16.9 Å². The molecule has 0 aliphatic rings. The fourth-order valence-electron chi connectivity index (χ4n) is 4.56. The van der Waals surface area contributed by atoms with Gasteiger partial charge < -0.3 is 11.5 Å². The molecular weight excluding hydrogens is 514 g/mol. The molecular formula is C32H27N7O2. The summed E-state index contributed by atoms with van der Waals surface area (Å²) in [6.07, 6.45) is 7.48. The number of nitrogens with two attached hydrogens (primary N) is 2. The summed E-state index contributed by atoms with van der Waals surface area (Å²) in [7, 11) is 1.86. The second-order valence-electron chi connectivity index (χ2n) is 9.21. The van der Waals surface area contributed by atoms with Gasteiger partial charge in [-0.15, -0.1) is 0 Å². The Balaban J connectivity index is 0.000000202. The smallest absolute Gasteiger partial charge is 0.264 e. The van der Waals surface area contributed by atoms with Crippen LogP contribution in [0, 0.1) is 11.8 Å². The maximum absolute atomic E-state index is 13.4. The highest BCUT2D eigenvalue weighted by atomic mass is 16.1. The third-order valence-electron chi connectivity index (χ3n) is 6.47. The van der Waals surface area contributed by atoms with Crippen LogP contribution in [0.5, 0.6) is 0 Å². The summed E-state index contributed by atoms with van der Waals surface area (Å²) in [5.41, 5.74) is 14.8. The number of carbonyl (C=O) groups is 1. The van der Waals surface area contributed by atoms with Crippen LogP contribution in [-0.4, -0.2) is 30.2 Å². The molecule has 202 valence electrons. The molecule has 9 nitrogen and oxygen atoms in total. The van der Waals surface area contributed by atoms with Crippen molar-refractivity contribution in [1.29, 1.82) is 0 Å². The van der Waals surface area contributed by atoms with Gasteiger partial charge in [0.25, 0.3) is 11.5 Å². The lowest BCUT2D eigenvalue weighted by molar-refractivity contribution is 0.100. The number of carbonyl (C=O) groups excluding carboxylic acids is 1. The zero-order valence-corrected chi connectivity index (χ0v) is 22.6. The molecule has 2 aromatic carbocycles. The van der Waals surface area contributed by atoms with E-state index in [0.717, 1.165) is 39.7 Å². The third kappa shape index (κ3) is 5.53. The maximum Gasteiger partial charge on any atom is 0.264 e. The fraction of sp³-hybridized carbons (Fsp3) is 0.0938. The van der Waals surface area contributed by atoms with Gasteiger partial charge in [-0.05, 0) is 48.2 Å². The number of rotatable bonds is 3. The summed E-state index contributed by atoms with van der Waals surface area (Å²) in [5, 5.41) is 6.45. The van der Waals surface area contributed by atoms with Crippen LogP contribution in [0.1, 0.15) is 34.1 Å². The molecule has 4 aromatic heterocycles. The second kappa shape index (κ2) is 11.6. The Hall–Kier alpha value is -5.75. The van der Waals surface area contributed by atoms with Crippen molar-refractivity contribution in [2.75, 3.05) is 5.73 Å². The molecule has 0 unspecified atom stereocenters. The lowest BCUT2D eigenvalue weighted by atomic mass is 10.0. The van der Waals surface area contributed by atoms with Gasteiger partial charge in [-0.3, -0.25) is 23.8 Å². The van der Waals surface area contributed by atoms with Crippen molar-refractivity contribution in [1.82, 2.24) is 24.3 Å². The van der Waals surface area contributed by atoms with Crippen molar-refractivity contribution < 1.29 is 4.79 Å². The molecule has 0 spiro atoms. The molecule has 0 atom stereocenters. The first-order valence-corrected chi connectivity index (χ1v) is 12.9. The van der Waals surface area contributed by atoms with Crippen LogP contribution in [-0.2, 0) is 13.5 Å². The van der Waals surface area contributed by atoms with E-state index in [2.05, 4.69) is 39.9 Å². The average molecular weight is 542 g/mol. The van der Waals surface area contributed by atoms with E-state index < -0.39 is 5.91 Å². The maximum atomic E-state index is 13.4. The number of nitrogens with zero attached hydrogens (tertiary/aromatic N) is 5. The van der Waals surface area contributed by atoms with Crippen LogP contribution >= 0.6 is 0 Å². The lowest BCUT2D eigenvalue weighted by Crippen LogP contribution is -2.22. The van der Waals surface area contributed by atoms with E-state index in [9.17, 15) is 9.59 Å². The molecule has 0 bridgehead atoms. The van der Waals surface area contributed by atoms with Gasteiger partial charge in [-0.2, -0.15) is 5.10 Å². The van der Waals surface area contributed by atoms with Crippen LogP contribution in [0.4, 0.5) is 5.82 Å². The third-order valence-corrected chi connectivity index (χ3v) is 6.47. The summed E-state index contributed by atoms with van der Waals surface area (Å²) in [6, 6.07) is 21.2. The zero-order chi connectivity index (χ0) is 28.9. The minimum Gasteiger partial charge on any atom is -0.383 e. The van der Waals surface area contributed by atoms with E-state index in [1.807, 2.05) is 61.8 Å². The summed E-state index contributed by atoms with van der Waals surface area (Å²) in [5.74, 6) is 5.77. The second-order valence-corrected chi connectivity index (χ2v) is 9.21. The largest absolute Gasteiger partial charge is 0.383 e. The Bertz CT molecular complexity index is 2020. The Kier molecular flexibility index (Phi) is 7.56. The van der Waals surface area contributed by atoms with Gasteiger partial charge in [-0.1, -0.05) is 49.1 Å². The average Bonchev–Trinajstić information content (AvgIpc) is 3.41. The zero-order valence-electron chi connectivity index (χ0n) is 22.6. The van der Waals surface area contributed by atoms with Crippen LogP contribution in [0.15, 0.2) is 96.3 Å². The van der Waals surface area contributed by atoms with Crippen molar-refractivity contribution in [3.63, 3.8) is 0 Å². The van der Waals surface area contributed by atoms with Crippen LogP contribution in [0.25, 0.3) is 27.4 Å². The normalized spacial score (nSPS) is 10.5. The predicted molar refractivity (Wildman–Crippen MR) is 161 cm³/mol. The van der Waals surface area contributed by atoms with Crippen molar-refractivity contribution in [2.24, 2.45) is 12.8 Å². The number of aromatic nitrogens is 5. The van der Waals surface area contributed by atoms with Gasteiger partial charge in [-0.25, -0.2) is 4.98 Å². The number of hydrogen-bond acceptors (Lipinski definition) is 6. The van der Waals surface area contributed by atoms with Crippen molar-refractivity contribution in [3.8, 4) is 17.5 Å². The number of pyridine rings is 3. The molecule has 6 rings (SSSR count). The van der Waals surface area contributed by atoms with E-state index in [1.54, 1.807) is 40.0 Å². The number of fused-ring (bicyclic) bond motifs is 2. The summed E-state index contributed by atoms with van der Waals surface area (Å²) in [6.45, 7) is 2.06. The molecule has 0 aliphatic carbocycles. The van der Waals surface area contributed by atoms with Gasteiger partial charge in [0.15, 0.2) is 0 Å². The molecule has 0 fully saturated rings. The van der Waals surface area contributed by atoms with Gasteiger partial charge in [0.2, 0.25) is 0 Å². The van der Waals surface area contributed by atoms with E-state index in [4.69, 9.17) is 11.5 Å². The Morgan fingerprint density at radius 2 is 1.73 bits per heavy atom. The number of anilines is 1. The van der Waals surface area contributed by atoms with Gasteiger partial charge in [0.1, 0.15) is 11.4 Å². The molecule has 41 heavy (non-hydrogen) atoms. The number of benzene rings is 2. The Morgan fingerprint density at radius 1 is 0.951 bits per heavy atom. The van der Waals surface area contributed by atoms with E-state index in [1.165, 1.54) is 0 Å². The minimum atomic E-state index is -0.612. The molecule has 0 radical (unpaired) electrons. The number of primary amides is 1. The number of nitrogen functional groups attached to an aromatic ring is 1. The summed E-state index contributed by atoms with van der Waals surface area (Å²) in [4.78, 5) is 32.4. The molecule has 1 amide bonds.